The Morgan fingerprint density at radius 3 is 2.50 bits per heavy atom. The SMILES string of the molecule is FC1=CC=C(Oc2ccccc2)[CH]C1. The molecule has 2 heteroatoms. The molecule has 14 heavy (non-hydrogen) atoms. The van der Waals surface area contributed by atoms with Crippen LogP contribution in [0.5, 0.6) is 5.75 Å². The normalized spacial score (nSPS) is 15.8. The lowest BCUT2D eigenvalue weighted by Gasteiger charge is -2.11. The summed E-state index contributed by atoms with van der Waals surface area (Å²) < 4.78 is 18.1. The van der Waals surface area contributed by atoms with Gasteiger partial charge in [-0.25, -0.2) is 4.39 Å². The Bertz CT molecular complexity index is 365. The van der Waals surface area contributed by atoms with Gasteiger partial charge in [0.25, 0.3) is 0 Å². The summed E-state index contributed by atoms with van der Waals surface area (Å²) in [6, 6.07) is 9.45. The van der Waals surface area contributed by atoms with Crippen molar-refractivity contribution in [3.63, 3.8) is 0 Å². The van der Waals surface area contributed by atoms with Gasteiger partial charge in [0.05, 0.1) is 0 Å². The molecule has 1 nitrogen and oxygen atoms in total. The number of para-hydroxylation sites is 1. The molecule has 71 valence electrons. The fraction of sp³-hybridized carbons (Fsp3) is 0.0833. The number of allylic oxidation sites excluding steroid dienone is 4. The number of hydrogen-bond donors (Lipinski definition) is 0. The number of rotatable bonds is 2. The lowest BCUT2D eigenvalue weighted by molar-refractivity contribution is 0.424. The molecule has 0 heterocycles. The van der Waals surface area contributed by atoms with Gasteiger partial charge < -0.3 is 4.74 Å². The van der Waals surface area contributed by atoms with Gasteiger partial charge in [0.15, 0.2) is 0 Å². The molecule has 0 fully saturated rings. The fourth-order valence-corrected chi connectivity index (χ4v) is 1.21. The van der Waals surface area contributed by atoms with Gasteiger partial charge in [-0.15, -0.1) is 0 Å². The molecule has 1 aromatic rings. The first-order valence-electron chi connectivity index (χ1n) is 4.47. The third kappa shape index (κ3) is 2.22. The lowest BCUT2D eigenvalue weighted by atomic mass is 10.1. The average molecular weight is 189 g/mol. The van der Waals surface area contributed by atoms with Crippen LogP contribution in [0.4, 0.5) is 4.39 Å². The first kappa shape index (κ1) is 9.00. The van der Waals surface area contributed by atoms with E-state index >= 15 is 0 Å². The molecule has 0 saturated heterocycles. The van der Waals surface area contributed by atoms with Crippen LogP contribution >= 0.6 is 0 Å². The lowest BCUT2D eigenvalue weighted by Crippen LogP contribution is -1.99. The van der Waals surface area contributed by atoms with E-state index in [1.807, 2.05) is 30.3 Å². The van der Waals surface area contributed by atoms with Crippen LogP contribution in [0.15, 0.2) is 54.1 Å². The molecular formula is C12H10FO. The van der Waals surface area contributed by atoms with Crippen LogP contribution in [0, 0.1) is 6.42 Å². The highest BCUT2D eigenvalue weighted by Crippen LogP contribution is 2.21. The fourth-order valence-electron chi connectivity index (χ4n) is 1.21. The first-order chi connectivity index (χ1) is 6.84. The zero-order chi connectivity index (χ0) is 9.80. The first-order valence-corrected chi connectivity index (χ1v) is 4.47. The smallest absolute Gasteiger partial charge is 0.126 e. The highest BCUT2D eigenvalue weighted by molar-refractivity contribution is 5.30. The number of ether oxygens (including phenoxy) is 1. The van der Waals surface area contributed by atoms with E-state index in [9.17, 15) is 4.39 Å². The zero-order valence-corrected chi connectivity index (χ0v) is 7.61. The van der Waals surface area contributed by atoms with Crippen LogP contribution in [0.1, 0.15) is 6.42 Å². The summed E-state index contributed by atoms with van der Waals surface area (Å²) in [6.07, 6.45) is 5.10. The molecule has 0 bridgehead atoms. The van der Waals surface area contributed by atoms with Crippen molar-refractivity contribution in [2.45, 2.75) is 6.42 Å². The van der Waals surface area contributed by atoms with E-state index in [0.717, 1.165) is 5.75 Å². The maximum atomic E-state index is 12.6. The van der Waals surface area contributed by atoms with E-state index in [4.69, 9.17) is 4.74 Å². The van der Waals surface area contributed by atoms with Crippen LogP contribution < -0.4 is 4.74 Å². The van der Waals surface area contributed by atoms with Gasteiger partial charge in [0, 0.05) is 12.8 Å². The second-order valence-electron chi connectivity index (χ2n) is 3.01. The maximum absolute atomic E-state index is 12.6. The zero-order valence-electron chi connectivity index (χ0n) is 7.61. The molecule has 0 spiro atoms. The molecule has 1 radical (unpaired) electrons. The van der Waals surface area contributed by atoms with Crippen molar-refractivity contribution >= 4 is 0 Å². The van der Waals surface area contributed by atoms with Crippen molar-refractivity contribution in [1.82, 2.24) is 0 Å². The Labute approximate surface area is 82.5 Å². The minimum absolute atomic E-state index is 0.134. The highest BCUT2D eigenvalue weighted by Gasteiger charge is 2.07. The van der Waals surface area contributed by atoms with Gasteiger partial charge in [-0.1, -0.05) is 18.2 Å². The summed E-state index contributed by atoms with van der Waals surface area (Å²) in [6.45, 7) is 0. The molecule has 2 rings (SSSR count). The van der Waals surface area contributed by atoms with Crippen molar-refractivity contribution in [2.24, 2.45) is 0 Å². The topological polar surface area (TPSA) is 9.23 Å². The highest BCUT2D eigenvalue weighted by atomic mass is 19.1. The third-order valence-electron chi connectivity index (χ3n) is 1.91. The standard InChI is InChI=1S/C12H10FO/c13-10-6-8-12(9-7-10)14-11-4-2-1-3-5-11/h1-6,8-9H,7H2. The summed E-state index contributed by atoms with van der Waals surface area (Å²) in [7, 11) is 0. The minimum atomic E-state index is -0.134. The van der Waals surface area contributed by atoms with Crippen molar-refractivity contribution in [3.8, 4) is 5.75 Å². The summed E-state index contributed by atoms with van der Waals surface area (Å²) in [5.41, 5.74) is 0. The molecule has 0 amide bonds. The molecule has 0 saturated carbocycles. The van der Waals surface area contributed by atoms with E-state index in [1.165, 1.54) is 6.08 Å². The number of benzene rings is 1. The van der Waals surface area contributed by atoms with E-state index in [2.05, 4.69) is 0 Å². The molecule has 0 N–H and O–H groups in total. The molecule has 1 aliphatic rings. The second-order valence-corrected chi connectivity index (χ2v) is 3.01. The van der Waals surface area contributed by atoms with E-state index in [0.29, 0.717) is 12.2 Å². The van der Waals surface area contributed by atoms with Crippen molar-refractivity contribution in [1.29, 1.82) is 0 Å². The third-order valence-corrected chi connectivity index (χ3v) is 1.91. The van der Waals surface area contributed by atoms with Crippen molar-refractivity contribution < 1.29 is 9.13 Å². The van der Waals surface area contributed by atoms with Gasteiger partial charge in [-0.05, 0) is 24.3 Å². The largest absolute Gasteiger partial charge is 0.461 e. The Kier molecular flexibility index (Phi) is 2.63. The molecule has 0 aromatic heterocycles. The number of halogens is 1. The Hall–Kier alpha value is -1.57. The quantitative estimate of drug-likeness (QED) is 0.692. The molecule has 0 aliphatic heterocycles. The van der Waals surface area contributed by atoms with Gasteiger partial charge in [0.2, 0.25) is 0 Å². The van der Waals surface area contributed by atoms with Gasteiger partial charge in [0.1, 0.15) is 17.3 Å². The van der Waals surface area contributed by atoms with Crippen LogP contribution in [-0.2, 0) is 0 Å². The van der Waals surface area contributed by atoms with Crippen LogP contribution in [0.25, 0.3) is 0 Å². The van der Waals surface area contributed by atoms with Crippen molar-refractivity contribution in [3.05, 3.63) is 60.5 Å². The van der Waals surface area contributed by atoms with E-state index in [1.54, 1.807) is 12.5 Å². The summed E-state index contributed by atoms with van der Waals surface area (Å²) in [5.74, 6) is 1.33. The predicted octanol–water partition coefficient (Wildman–Crippen LogP) is 3.41. The van der Waals surface area contributed by atoms with Gasteiger partial charge >= 0.3 is 0 Å². The van der Waals surface area contributed by atoms with E-state index < -0.39 is 0 Å². The molecule has 0 atom stereocenters. The summed E-state index contributed by atoms with van der Waals surface area (Å²) in [5, 5.41) is 0. The summed E-state index contributed by atoms with van der Waals surface area (Å²) >= 11 is 0. The monoisotopic (exact) mass is 189 g/mol. The van der Waals surface area contributed by atoms with Gasteiger partial charge in [-0.3, -0.25) is 0 Å². The molecule has 1 aliphatic carbocycles. The van der Waals surface area contributed by atoms with Crippen LogP contribution in [0.3, 0.4) is 0 Å². The Balaban J connectivity index is 2.06. The van der Waals surface area contributed by atoms with Gasteiger partial charge in [-0.2, -0.15) is 0 Å². The predicted molar refractivity (Wildman–Crippen MR) is 53.3 cm³/mol. The summed E-state index contributed by atoms with van der Waals surface area (Å²) in [4.78, 5) is 0. The minimum Gasteiger partial charge on any atom is -0.461 e. The second kappa shape index (κ2) is 4.09. The van der Waals surface area contributed by atoms with Crippen molar-refractivity contribution in [2.75, 3.05) is 0 Å². The molecule has 0 unspecified atom stereocenters. The average Bonchev–Trinajstić information content (AvgIpc) is 2.23. The molecular weight excluding hydrogens is 179 g/mol. The Morgan fingerprint density at radius 1 is 1.07 bits per heavy atom. The Morgan fingerprint density at radius 2 is 1.86 bits per heavy atom. The van der Waals surface area contributed by atoms with Crippen LogP contribution in [-0.4, -0.2) is 0 Å². The molecule has 1 aromatic carbocycles. The number of hydrogen-bond acceptors (Lipinski definition) is 1. The maximum Gasteiger partial charge on any atom is 0.126 e. The van der Waals surface area contributed by atoms with E-state index in [-0.39, 0.29) is 5.83 Å². The van der Waals surface area contributed by atoms with Crippen LogP contribution in [0.2, 0.25) is 0 Å².